The number of Topliss-reactive ketones (excluding diaryl/α,β-unsaturated/α-hetero) is 1. The van der Waals surface area contributed by atoms with Crippen LogP contribution in [0.4, 0.5) is 4.39 Å². The van der Waals surface area contributed by atoms with Gasteiger partial charge in [-0.25, -0.2) is 9.82 Å². The van der Waals surface area contributed by atoms with E-state index in [9.17, 15) is 18.8 Å². The van der Waals surface area contributed by atoms with E-state index in [1.807, 2.05) is 4.90 Å². The normalized spacial score (nSPS) is 23.5. The number of hydrogen-bond donors (Lipinski definition) is 2. The van der Waals surface area contributed by atoms with Gasteiger partial charge in [-0.15, -0.1) is 5.10 Å². The smallest absolute Gasteiger partial charge is 0.309 e. The van der Waals surface area contributed by atoms with Gasteiger partial charge in [-0.3, -0.25) is 14.4 Å². The van der Waals surface area contributed by atoms with Gasteiger partial charge in [0, 0.05) is 37.5 Å². The van der Waals surface area contributed by atoms with Crippen molar-refractivity contribution in [2.75, 3.05) is 19.0 Å². The summed E-state index contributed by atoms with van der Waals surface area (Å²) in [6.07, 6.45) is 7.14. The molecule has 10 heteroatoms. The number of carbonyl (C=O) groups is 3. The molecule has 2 N–H and O–H groups in total. The molecule has 0 spiro atoms. The Balaban J connectivity index is 1.42. The molecular weight excluding hydrogens is 495 g/mol. The Bertz CT molecular complexity index is 975. The molecule has 37 heavy (non-hydrogen) atoms. The van der Waals surface area contributed by atoms with Gasteiger partial charge in [0.1, 0.15) is 11.9 Å². The van der Waals surface area contributed by atoms with E-state index in [1.165, 1.54) is 23.9 Å². The van der Waals surface area contributed by atoms with Crippen molar-refractivity contribution in [1.29, 1.82) is 0 Å². The molecule has 8 nitrogen and oxygen atoms in total. The van der Waals surface area contributed by atoms with E-state index in [4.69, 9.17) is 4.74 Å². The molecule has 0 unspecified atom stereocenters. The highest BCUT2D eigenvalue weighted by atomic mass is 32.2. The monoisotopic (exact) mass is 532 g/mol. The van der Waals surface area contributed by atoms with Crippen molar-refractivity contribution in [2.45, 2.75) is 76.9 Å². The maximum absolute atomic E-state index is 13.3. The number of hydrazone groups is 1. The summed E-state index contributed by atoms with van der Waals surface area (Å²) < 4.78 is 18.7. The highest BCUT2D eigenvalue weighted by molar-refractivity contribution is 8.14. The summed E-state index contributed by atoms with van der Waals surface area (Å²) in [7, 11) is 0. The van der Waals surface area contributed by atoms with Crippen LogP contribution in [0.1, 0.15) is 63.9 Å². The molecule has 4 rings (SSSR count). The predicted octanol–water partition coefficient (Wildman–Crippen LogP) is 3.60. The van der Waals surface area contributed by atoms with E-state index in [1.54, 1.807) is 12.1 Å². The summed E-state index contributed by atoms with van der Waals surface area (Å²) in [5.41, 5.74) is 3.37. The standard InChI is InChI=1S/C27H37FN4O4S/c1-18-17-37-27(32(18)16-19-8-10-22(28)11-9-19)31-30-26(35)24(33)23(20-12-14-36-15-13-20)29-25(34)21-6-4-2-3-5-7-21/h8-11,18,20-21,23H,2-7,12-17H2,1H3,(H,29,34)(H,30,35)/t18-,23-/m1/s1. The molecule has 2 aliphatic heterocycles. The van der Waals surface area contributed by atoms with Crippen LogP contribution in [0.25, 0.3) is 0 Å². The van der Waals surface area contributed by atoms with Crippen molar-refractivity contribution in [2.24, 2.45) is 16.9 Å². The van der Waals surface area contributed by atoms with Crippen LogP contribution >= 0.6 is 11.8 Å². The molecule has 0 radical (unpaired) electrons. The van der Waals surface area contributed by atoms with Crippen LogP contribution in [-0.2, 0) is 25.7 Å². The largest absolute Gasteiger partial charge is 0.381 e. The minimum atomic E-state index is -0.884. The molecular formula is C27H37FN4O4S. The highest BCUT2D eigenvalue weighted by Gasteiger charge is 2.36. The van der Waals surface area contributed by atoms with E-state index in [2.05, 4.69) is 22.8 Å². The van der Waals surface area contributed by atoms with E-state index >= 15 is 0 Å². The van der Waals surface area contributed by atoms with Gasteiger partial charge >= 0.3 is 5.91 Å². The van der Waals surface area contributed by atoms with Crippen LogP contribution < -0.4 is 10.7 Å². The van der Waals surface area contributed by atoms with Gasteiger partial charge in [-0.1, -0.05) is 49.6 Å². The number of carbonyl (C=O) groups excluding carboxylic acids is 3. The first kappa shape index (κ1) is 27.6. The lowest BCUT2D eigenvalue weighted by Gasteiger charge is -2.30. The summed E-state index contributed by atoms with van der Waals surface area (Å²) in [6.45, 7) is 3.57. The Hall–Kier alpha value is -2.46. The van der Waals surface area contributed by atoms with Gasteiger partial charge < -0.3 is 15.0 Å². The number of benzene rings is 1. The fraction of sp³-hybridized carbons (Fsp3) is 0.630. The number of halogens is 1. The Labute approximate surface area is 222 Å². The van der Waals surface area contributed by atoms with E-state index < -0.39 is 17.7 Å². The van der Waals surface area contributed by atoms with Crippen LogP contribution in [0.3, 0.4) is 0 Å². The van der Waals surface area contributed by atoms with E-state index in [-0.39, 0.29) is 29.6 Å². The molecule has 2 heterocycles. The van der Waals surface area contributed by atoms with Gasteiger partial charge in [-0.2, -0.15) is 0 Å². The van der Waals surface area contributed by atoms with Crippen molar-refractivity contribution >= 4 is 34.5 Å². The summed E-state index contributed by atoms with van der Waals surface area (Å²) in [5.74, 6) is -1.39. The van der Waals surface area contributed by atoms with Gasteiger partial charge in [0.25, 0.3) is 0 Å². The first-order chi connectivity index (χ1) is 17.9. The van der Waals surface area contributed by atoms with Crippen LogP contribution in [0, 0.1) is 17.7 Å². The van der Waals surface area contributed by atoms with Crippen molar-refractivity contribution in [3.63, 3.8) is 0 Å². The zero-order chi connectivity index (χ0) is 26.2. The second-order valence-electron chi connectivity index (χ2n) is 10.2. The fourth-order valence-corrected chi connectivity index (χ4v) is 6.31. The summed E-state index contributed by atoms with van der Waals surface area (Å²) >= 11 is 1.49. The van der Waals surface area contributed by atoms with Crippen molar-refractivity contribution in [3.05, 3.63) is 35.6 Å². The lowest BCUT2D eigenvalue weighted by atomic mass is 9.87. The number of ketones is 1. The molecule has 0 aromatic heterocycles. The number of ether oxygens (including phenoxy) is 1. The molecule has 1 aromatic rings. The number of amidine groups is 1. The Morgan fingerprint density at radius 3 is 2.43 bits per heavy atom. The Kier molecular flexibility index (Phi) is 9.96. The maximum Gasteiger partial charge on any atom is 0.309 e. The molecule has 2 saturated heterocycles. The zero-order valence-electron chi connectivity index (χ0n) is 21.4. The van der Waals surface area contributed by atoms with Gasteiger partial charge in [0.05, 0.1) is 0 Å². The zero-order valence-corrected chi connectivity index (χ0v) is 22.2. The van der Waals surface area contributed by atoms with Crippen molar-refractivity contribution in [3.8, 4) is 0 Å². The number of thioether (sulfide) groups is 1. The van der Waals surface area contributed by atoms with Gasteiger partial charge in [0.15, 0.2) is 5.17 Å². The topological polar surface area (TPSA) is 100 Å². The lowest BCUT2D eigenvalue weighted by Crippen LogP contribution is -2.53. The van der Waals surface area contributed by atoms with Crippen LogP contribution in [0.15, 0.2) is 29.4 Å². The number of nitrogens with one attached hydrogen (secondary N) is 2. The minimum absolute atomic E-state index is 0.114. The third-order valence-corrected chi connectivity index (χ3v) is 8.75. The maximum atomic E-state index is 13.3. The summed E-state index contributed by atoms with van der Waals surface area (Å²) in [5, 5.41) is 7.82. The van der Waals surface area contributed by atoms with Gasteiger partial charge in [-0.05, 0) is 56.2 Å². The molecule has 1 aliphatic carbocycles. The molecule has 0 bridgehead atoms. The van der Waals surface area contributed by atoms with Gasteiger partial charge in [0.2, 0.25) is 11.7 Å². The number of amides is 2. The number of hydrogen-bond acceptors (Lipinski definition) is 6. The molecule has 1 saturated carbocycles. The molecule has 2 amide bonds. The Morgan fingerprint density at radius 2 is 1.76 bits per heavy atom. The van der Waals surface area contributed by atoms with Crippen LogP contribution in [0.5, 0.6) is 0 Å². The minimum Gasteiger partial charge on any atom is -0.381 e. The predicted molar refractivity (Wildman–Crippen MR) is 141 cm³/mol. The summed E-state index contributed by atoms with van der Waals surface area (Å²) in [6, 6.07) is 5.56. The van der Waals surface area contributed by atoms with E-state index in [0.29, 0.717) is 37.8 Å². The number of nitrogens with zero attached hydrogens (tertiary/aromatic N) is 2. The third kappa shape index (κ3) is 7.54. The fourth-order valence-electron chi connectivity index (χ4n) is 5.22. The molecule has 1 aromatic carbocycles. The first-order valence-corrected chi connectivity index (χ1v) is 14.3. The lowest BCUT2D eigenvalue weighted by molar-refractivity contribution is -0.142. The van der Waals surface area contributed by atoms with E-state index in [0.717, 1.165) is 49.8 Å². The second-order valence-corrected chi connectivity index (χ2v) is 11.2. The second kappa shape index (κ2) is 13.4. The van der Waals surface area contributed by atoms with Crippen LogP contribution in [-0.4, -0.2) is 58.7 Å². The van der Waals surface area contributed by atoms with Crippen LogP contribution in [0.2, 0.25) is 0 Å². The highest BCUT2D eigenvalue weighted by Crippen LogP contribution is 2.27. The third-order valence-electron chi connectivity index (χ3n) is 7.52. The SMILES string of the molecule is C[C@@H]1CSC(=NNC(=O)C(=O)[C@H](NC(=O)C2CCCCCC2)C2CCOCC2)N1Cc1ccc(F)cc1. The van der Waals surface area contributed by atoms with Crippen molar-refractivity contribution in [1.82, 2.24) is 15.6 Å². The Morgan fingerprint density at radius 1 is 1.08 bits per heavy atom. The quantitative estimate of drug-likeness (QED) is 0.302. The molecule has 202 valence electrons. The first-order valence-electron chi connectivity index (χ1n) is 13.4. The molecule has 3 aliphatic rings. The average Bonchev–Trinajstić information content (AvgIpc) is 3.09. The average molecular weight is 533 g/mol. The molecule has 3 fully saturated rings. The molecule has 2 atom stereocenters. The number of rotatable bonds is 8. The van der Waals surface area contributed by atoms with Crippen molar-refractivity contribution < 1.29 is 23.5 Å². The summed E-state index contributed by atoms with van der Waals surface area (Å²) in [4.78, 5) is 41.4.